The van der Waals surface area contributed by atoms with Crippen LogP contribution < -0.4 is 0 Å². The van der Waals surface area contributed by atoms with Crippen molar-refractivity contribution in [2.75, 3.05) is 0 Å². The minimum atomic E-state index is 0.270. The maximum absolute atomic E-state index is 9.62. The van der Waals surface area contributed by atoms with Gasteiger partial charge in [-0.3, -0.25) is 0 Å². The Labute approximate surface area is 147 Å². The summed E-state index contributed by atoms with van der Waals surface area (Å²) in [7, 11) is 0. The summed E-state index contributed by atoms with van der Waals surface area (Å²) in [5.74, 6) is 0.270. The Morgan fingerprint density at radius 3 is 1.83 bits per heavy atom. The summed E-state index contributed by atoms with van der Waals surface area (Å²) in [6.07, 6.45) is 0.906. The summed E-state index contributed by atoms with van der Waals surface area (Å²) < 4.78 is 0. The number of rotatable bonds is 4. The summed E-state index contributed by atoms with van der Waals surface area (Å²) in [5, 5.41) is 10.3. The van der Waals surface area contributed by atoms with Gasteiger partial charge in [0, 0.05) is 5.02 Å². The van der Waals surface area contributed by atoms with Crippen LogP contribution in [0, 0.1) is 0 Å². The van der Waals surface area contributed by atoms with Crippen molar-refractivity contribution in [3.63, 3.8) is 0 Å². The predicted molar refractivity (Wildman–Crippen MR) is 102 cm³/mol. The largest absolute Gasteiger partial charge is 0.508 e. The van der Waals surface area contributed by atoms with E-state index in [1.54, 1.807) is 12.1 Å². The van der Waals surface area contributed by atoms with E-state index in [-0.39, 0.29) is 5.75 Å². The Bertz CT molecular complexity index is 784. The molecule has 0 aliphatic carbocycles. The van der Waals surface area contributed by atoms with Crippen molar-refractivity contribution < 1.29 is 5.11 Å². The molecular weight excluding hydrogens is 316 g/mol. The number of hydrogen-bond acceptors (Lipinski definition) is 1. The smallest absolute Gasteiger partial charge is 0.115 e. The molecule has 0 unspecified atom stereocenters. The van der Waals surface area contributed by atoms with E-state index in [1.165, 1.54) is 16.7 Å². The van der Waals surface area contributed by atoms with Gasteiger partial charge in [0.25, 0.3) is 0 Å². The minimum absolute atomic E-state index is 0.270. The van der Waals surface area contributed by atoms with Gasteiger partial charge in [-0.05, 0) is 58.5 Å². The molecule has 0 fully saturated rings. The third-order valence-electron chi connectivity index (χ3n) is 4.07. The van der Waals surface area contributed by atoms with E-state index >= 15 is 0 Å². The number of aromatic hydroxyl groups is 1. The van der Waals surface area contributed by atoms with E-state index in [9.17, 15) is 5.11 Å². The first-order chi connectivity index (χ1) is 11.7. The molecule has 0 heterocycles. The van der Waals surface area contributed by atoms with Gasteiger partial charge in [-0.25, -0.2) is 0 Å². The third kappa shape index (κ3) is 3.52. The average Bonchev–Trinajstić information content (AvgIpc) is 2.62. The highest BCUT2D eigenvalue weighted by molar-refractivity contribution is 6.30. The molecule has 0 amide bonds. The van der Waals surface area contributed by atoms with Crippen LogP contribution in [-0.2, 0) is 0 Å². The highest BCUT2D eigenvalue weighted by atomic mass is 35.5. The van der Waals surface area contributed by atoms with Gasteiger partial charge in [-0.1, -0.05) is 73.1 Å². The number of phenolic OH excluding ortho intramolecular Hbond substituents is 1. The number of phenols is 1. The molecule has 0 atom stereocenters. The first-order valence-corrected chi connectivity index (χ1v) is 8.40. The Kier molecular flexibility index (Phi) is 5.02. The molecule has 0 saturated heterocycles. The molecule has 3 rings (SSSR count). The molecule has 0 spiro atoms. The van der Waals surface area contributed by atoms with Gasteiger partial charge in [-0.15, -0.1) is 0 Å². The number of halogens is 1. The van der Waals surface area contributed by atoms with Gasteiger partial charge in [-0.2, -0.15) is 0 Å². The molecule has 0 bridgehead atoms. The van der Waals surface area contributed by atoms with Gasteiger partial charge in [0.15, 0.2) is 0 Å². The van der Waals surface area contributed by atoms with Crippen molar-refractivity contribution in [2.45, 2.75) is 13.3 Å². The molecule has 120 valence electrons. The van der Waals surface area contributed by atoms with Crippen molar-refractivity contribution in [1.82, 2.24) is 0 Å². The van der Waals surface area contributed by atoms with Gasteiger partial charge >= 0.3 is 0 Å². The topological polar surface area (TPSA) is 20.2 Å². The summed E-state index contributed by atoms with van der Waals surface area (Å²) in [6.45, 7) is 2.17. The lowest BCUT2D eigenvalue weighted by molar-refractivity contribution is 0.475. The lowest BCUT2D eigenvalue weighted by atomic mass is 9.88. The molecule has 0 aliphatic rings. The van der Waals surface area contributed by atoms with Crippen LogP contribution in [0.1, 0.15) is 30.0 Å². The predicted octanol–water partition coefficient (Wildman–Crippen LogP) is 6.41. The fourth-order valence-corrected chi connectivity index (χ4v) is 3.05. The lowest BCUT2D eigenvalue weighted by Crippen LogP contribution is -1.94. The van der Waals surface area contributed by atoms with Crippen molar-refractivity contribution in [2.24, 2.45) is 0 Å². The highest BCUT2D eigenvalue weighted by Gasteiger charge is 2.13. The zero-order valence-electron chi connectivity index (χ0n) is 13.5. The monoisotopic (exact) mass is 334 g/mol. The van der Waals surface area contributed by atoms with E-state index in [4.69, 9.17) is 11.6 Å². The fourth-order valence-electron chi connectivity index (χ4n) is 2.92. The normalized spacial score (nSPS) is 11.9. The molecule has 1 nitrogen and oxygen atoms in total. The van der Waals surface area contributed by atoms with E-state index in [2.05, 4.69) is 31.2 Å². The molecule has 24 heavy (non-hydrogen) atoms. The maximum atomic E-state index is 9.62. The number of allylic oxidation sites excluding steroid dienone is 1. The van der Waals surface area contributed by atoms with Gasteiger partial charge in [0.05, 0.1) is 0 Å². The summed E-state index contributed by atoms with van der Waals surface area (Å²) in [6, 6.07) is 25.7. The van der Waals surface area contributed by atoms with Crippen LogP contribution >= 0.6 is 11.6 Å². The van der Waals surface area contributed by atoms with Crippen molar-refractivity contribution in [3.8, 4) is 5.75 Å². The molecule has 3 aromatic rings. The van der Waals surface area contributed by atoms with E-state index in [0.29, 0.717) is 0 Å². The molecule has 0 aliphatic heterocycles. The van der Waals surface area contributed by atoms with Gasteiger partial charge < -0.3 is 5.11 Å². The van der Waals surface area contributed by atoms with E-state index in [0.717, 1.165) is 22.6 Å². The third-order valence-corrected chi connectivity index (χ3v) is 4.32. The van der Waals surface area contributed by atoms with Crippen LogP contribution in [0.5, 0.6) is 5.75 Å². The number of benzene rings is 3. The molecule has 1 N–H and O–H groups in total. The van der Waals surface area contributed by atoms with Crippen molar-refractivity contribution in [1.29, 1.82) is 0 Å². The second kappa shape index (κ2) is 7.37. The lowest BCUT2D eigenvalue weighted by Gasteiger charge is -2.16. The first kappa shape index (κ1) is 16.4. The Hall–Kier alpha value is -2.51. The van der Waals surface area contributed by atoms with Crippen LogP contribution in [0.25, 0.3) is 11.1 Å². The van der Waals surface area contributed by atoms with E-state index in [1.807, 2.05) is 42.5 Å². The van der Waals surface area contributed by atoms with Gasteiger partial charge in [0.2, 0.25) is 0 Å². The van der Waals surface area contributed by atoms with Crippen molar-refractivity contribution in [3.05, 3.63) is 101 Å². The summed E-state index contributed by atoms with van der Waals surface area (Å²) in [4.78, 5) is 0. The second-order valence-corrected chi connectivity index (χ2v) is 6.06. The zero-order valence-corrected chi connectivity index (χ0v) is 14.3. The van der Waals surface area contributed by atoms with Crippen molar-refractivity contribution >= 4 is 22.7 Å². The summed E-state index contributed by atoms with van der Waals surface area (Å²) >= 11 is 6.06. The standard InChI is InChI=1S/C22H19ClO/c1-2-21(16-6-4-3-5-7-16)22(17-8-12-19(23)13-9-17)18-10-14-20(24)15-11-18/h3-15,24H,2H2,1H3. The zero-order chi connectivity index (χ0) is 16.9. The molecular formula is C22H19ClO. The fraction of sp³-hybridized carbons (Fsp3) is 0.0909. The van der Waals surface area contributed by atoms with E-state index < -0.39 is 0 Å². The maximum Gasteiger partial charge on any atom is 0.115 e. The molecule has 3 aromatic carbocycles. The highest BCUT2D eigenvalue weighted by Crippen LogP contribution is 2.35. The number of hydrogen-bond donors (Lipinski definition) is 1. The van der Waals surface area contributed by atoms with Crippen LogP contribution in [0.15, 0.2) is 78.9 Å². The second-order valence-electron chi connectivity index (χ2n) is 5.63. The van der Waals surface area contributed by atoms with Crippen LogP contribution in [-0.4, -0.2) is 5.11 Å². The molecule has 0 aromatic heterocycles. The average molecular weight is 335 g/mol. The minimum Gasteiger partial charge on any atom is -0.508 e. The molecule has 0 saturated carbocycles. The van der Waals surface area contributed by atoms with Crippen LogP contribution in [0.2, 0.25) is 5.02 Å². The Morgan fingerprint density at radius 2 is 1.29 bits per heavy atom. The summed E-state index contributed by atoms with van der Waals surface area (Å²) in [5.41, 5.74) is 5.84. The SMILES string of the molecule is CCC(=C(c1ccc(O)cc1)c1ccc(Cl)cc1)c1ccccc1. The molecule has 2 heteroatoms. The Morgan fingerprint density at radius 1 is 0.750 bits per heavy atom. The first-order valence-electron chi connectivity index (χ1n) is 8.03. The van der Waals surface area contributed by atoms with Crippen LogP contribution in [0.4, 0.5) is 0 Å². The molecule has 0 radical (unpaired) electrons. The Balaban J connectivity index is 2.26. The van der Waals surface area contributed by atoms with Gasteiger partial charge in [0.1, 0.15) is 5.75 Å². The quantitative estimate of drug-likeness (QED) is 0.546. The van der Waals surface area contributed by atoms with Crippen LogP contribution in [0.3, 0.4) is 0 Å².